The molecular weight excluding hydrogens is 352 g/mol. The molecule has 0 unspecified atom stereocenters. The maximum Gasteiger partial charge on any atom is 0.238 e. The van der Waals surface area contributed by atoms with Crippen LogP contribution in [0.5, 0.6) is 5.88 Å². The number of sulfonamides is 1. The molecule has 1 aromatic heterocycles. The Morgan fingerprint density at radius 1 is 1.12 bits per heavy atom. The summed E-state index contributed by atoms with van der Waals surface area (Å²) in [4.78, 5) is 2.76. The summed E-state index contributed by atoms with van der Waals surface area (Å²) in [6.45, 7) is 1.85. The van der Waals surface area contributed by atoms with Gasteiger partial charge in [-0.1, -0.05) is 17.7 Å². The third-order valence-corrected chi connectivity index (χ3v) is 4.90. The highest BCUT2D eigenvalue weighted by atomic mass is 35.5. The Morgan fingerprint density at radius 2 is 1.79 bits per heavy atom. The molecular formula is C15H13ClN4O3S. The lowest BCUT2D eigenvalue weighted by atomic mass is 10.1. The van der Waals surface area contributed by atoms with E-state index in [9.17, 15) is 13.5 Å². The number of nitrogens with zero attached hydrogens (tertiary/aromatic N) is 2. The molecule has 9 heteroatoms. The molecule has 0 bridgehead atoms. The molecule has 1 heterocycles. The Bertz CT molecular complexity index is 1060. The van der Waals surface area contributed by atoms with Crippen molar-refractivity contribution in [3.63, 3.8) is 0 Å². The molecule has 24 heavy (non-hydrogen) atoms. The van der Waals surface area contributed by atoms with Crippen molar-refractivity contribution in [2.24, 2.45) is 15.4 Å². The van der Waals surface area contributed by atoms with E-state index in [1.807, 2.05) is 13.0 Å². The van der Waals surface area contributed by atoms with Crippen molar-refractivity contribution >= 4 is 43.9 Å². The van der Waals surface area contributed by atoms with Gasteiger partial charge in [-0.15, -0.1) is 5.11 Å². The number of primary sulfonamides is 1. The molecule has 0 aliphatic rings. The van der Waals surface area contributed by atoms with Crippen LogP contribution in [0, 0.1) is 6.92 Å². The van der Waals surface area contributed by atoms with E-state index in [4.69, 9.17) is 16.7 Å². The minimum absolute atomic E-state index is 0.0185. The number of nitrogens with two attached hydrogens (primary N) is 1. The lowest BCUT2D eigenvalue weighted by Gasteiger charge is -2.00. The van der Waals surface area contributed by atoms with Gasteiger partial charge in [-0.3, -0.25) is 0 Å². The third kappa shape index (κ3) is 2.99. The van der Waals surface area contributed by atoms with E-state index >= 15 is 0 Å². The zero-order chi connectivity index (χ0) is 17.5. The average Bonchev–Trinajstić information content (AvgIpc) is 2.85. The molecule has 0 atom stereocenters. The zero-order valence-electron chi connectivity index (χ0n) is 12.5. The first kappa shape index (κ1) is 16.4. The molecule has 0 fully saturated rings. The predicted molar refractivity (Wildman–Crippen MR) is 91.7 cm³/mol. The number of aromatic nitrogens is 1. The minimum atomic E-state index is -3.76. The molecule has 7 nitrogen and oxygen atoms in total. The number of hydrogen-bond donors (Lipinski definition) is 3. The average molecular weight is 365 g/mol. The summed E-state index contributed by atoms with van der Waals surface area (Å²) in [6.07, 6.45) is 0. The van der Waals surface area contributed by atoms with Gasteiger partial charge in [0.15, 0.2) is 5.69 Å². The predicted octanol–water partition coefficient (Wildman–Crippen LogP) is 3.90. The van der Waals surface area contributed by atoms with Crippen LogP contribution in [0.1, 0.15) is 5.56 Å². The number of H-pyrrole nitrogens is 1. The summed E-state index contributed by atoms with van der Waals surface area (Å²) in [7, 11) is -3.76. The standard InChI is InChI=1S/C15H13ClN4O3S/c1-8-2-7-11-12(13(8)16)14(15(21)18-11)20-19-9-3-5-10(6-4-9)24(17,22)23/h2-7,18,21H,1H3,(H2,17,22,23). The number of halogens is 1. The van der Waals surface area contributed by atoms with Gasteiger partial charge in [0.25, 0.3) is 0 Å². The Kier molecular flexibility index (Phi) is 4.04. The van der Waals surface area contributed by atoms with Crippen LogP contribution in [0.15, 0.2) is 51.5 Å². The number of hydrogen-bond acceptors (Lipinski definition) is 5. The highest BCUT2D eigenvalue weighted by Crippen LogP contribution is 2.41. The second kappa shape index (κ2) is 5.90. The molecule has 0 saturated carbocycles. The van der Waals surface area contributed by atoms with Gasteiger partial charge in [0, 0.05) is 0 Å². The van der Waals surface area contributed by atoms with E-state index in [1.165, 1.54) is 24.3 Å². The lowest BCUT2D eigenvalue weighted by molar-refractivity contribution is 0.459. The third-order valence-electron chi connectivity index (χ3n) is 3.48. The number of aryl methyl sites for hydroxylation is 1. The summed E-state index contributed by atoms with van der Waals surface area (Å²) < 4.78 is 22.4. The second-order valence-electron chi connectivity index (χ2n) is 5.18. The van der Waals surface area contributed by atoms with Crippen LogP contribution in [0.3, 0.4) is 0 Å². The SMILES string of the molecule is Cc1ccc2[nH]c(O)c(N=Nc3ccc(S(N)(=O)=O)cc3)c2c1Cl. The number of azo groups is 1. The minimum Gasteiger partial charge on any atom is -0.493 e. The van der Waals surface area contributed by atoms with Crippen molar-refractivity contribution < 1.29 is 13.5 Å². The van der Waals surface area contributed by atoms with E-state index in [2.05, 4.69) is 15.2 Å². The molecule has 0 radical (unpaired) electrons. The van der Waals surface area contributed by atoms with Crippen molar-refractivity contribution in [3.8, 4) is 5.88 Å². The van der Waals surface area contributed by atoms with Gasteiger partial charge in [-0.2, -0.15) is 5.11 Å². The first-order valence-electron chi connectivity index (χ1n) is 6.82. The molecule has 0 amide bonds. The molecule has 0 spiro atoms. The highest BCUT2D eigenvalue weighted by Gasteiger charge is 2.15. The fraction of sp³-hybridized carbons (Fsp3) is 0.0667. The van der Waals surface area contributed by atoms with E-state index < -0.39 is 10.0 Å². The van der Waals surface area contributed by atoms with Crippen molar-refractivity contribution in [1.29, 1.82) is 0 Å². The van der Waals surface area contributed by atoms with Gasteiger partial charge in [-0.05, 0) is 42.8 Å². The fourth-order valence-corrected chi connectivity index (χ4v) is 3.00. The summed E-state index contributed by atoms with van der Waals surface area (Å²) in [5, 5.41) is 24.1. The lowest BCUT2D eigenvalue weighted by Crippen LogP contribution is -2.11. The van der Waals surface area contributed by atoms with Crippen LogP contribution in [0.25, 0.3) is 10.9 Å². The van der Waals surface area contributed by atoms with Gasteiger partial charge in [0.1, 0.15) is 0 Å². The van der Waals surface area contributed by atoms with Gasteiger partial charge in [-0.25, -0.2) is 13.6 Å². The normalized spacial score (nSPS) is 12.3. The topological polar surface area (TPSA) is 121 Å². The van der Waals surface area contributed by atoms with E-state index in [1.54, 1.807) is 6.07 Å². The van der Waals surface area contributed by atoms with Gasteiger partial charge < -0.3 is 10.1 Å². The van der Waals surface area contributed by atoms with Crippen LogP contribution >= 0.6 is 11.6 Å². The summed E-state index contributed by atoms with van der Waals surface area (Å²) in [5.41, 5.74) is 2.10. The molecule has 0 saturated heterocycles. The Hall–Kier alpha value is -2.42. The smallest absolute Gasteiger partial charge is 0.238 e. The fourth-order valence-electron chi connectivity index (χ4n) is 2.23. The van der Waals surface area contributed by atoms with Crippen LogP contribution in [-0.4, -0.2) is 18.5 Å². The van der Waals surface area contributed by atoms with Crippen LogP contribution in [-0.2, 0) is 10.0 Å². The zero-order valence-corrected chi connectivity index (χ0v) is 14.1. The number of benzene rings is 2. The Labute approximate surface area is 142 Å². The summed E-state index contributed by atoms with van der Waals surface area (Å²) in [6, 6.07) is 9.19. The second-order valence-corrected chi connectivity index (χ2v) is 7.12. The van der Waals surface area contributed by atoms with Crippen LogP contribution < -0.4 is 5.14 Å². The van der Waals surface area contributed by atoms with Crippen LogP contribution in [0.4, 0.5) is 11.4 Å². The molecule has 3 rings (SSSR count). The van der Waals surface area contributed by atoms with E-state index in [-0.39, 0.29) is 16.5 Å². The van der Waals surface area contributed by atoms with Crippen LogP contribution in [0.2, 0.25) is 5.02 Å². The first-order chi connectivity index (χ1) is 11.3. The monoisotopic (exact) mass is 364 g/mol. The summed E-state index contributed by atoms with van der Waals surface area (Å²) >= 11 is 6.28. The molecule has 4 N–H and O–H groups in total. The Morgan fingerprint density at radius 3 is 2.42 bits per heavy atom. The largest absolute Gasteiger partial charge is 0.493 e. The molecule has 2 aromatic carbocycles. The van der Waals surface area contributed by atoms with Gasteiger partial charge >= 0.3 is 0 Å². The van der Waals surface area contributed by atoms with E-state index in [0.29, 0.717) is 21.6 Å². The number of fused-ring (bicyclic) bond motifs is 1. The molecule has 124 valence electrons. The van der Waals surface area contributed by atoms with Crippen molar-refractivity contribution in [1.82, 2.24) is 4.98 Å². The maximum atomic E-state index is 11.2. The number of rotatable bonds is 3. The molecule has 3 aromatic rings. The first-order valence-corrected chi connectivity index (χ1v) is 8.74. The van der Waals surface area contributed by atoms with E-state index in [0.717, 1.165) is 5.56 Å². The highest BCUT2D eigenvalue weighted by molar-refractivity contribution is 7.89. The number of nitrogens with one attached hydrogen (secondary N) is 1. The van der Waals surface area contributed by atoms with Crippen molar-refractivity contribution in [2.45, 2.75) is 11.8 Å². The Balaban J connectivity index is 2.02. The molecule has 0 aliphatic carbocycles. The van der Waals surface area contributed by atoms with Crippen molar-refractivity contribution in [3.05, 3.63) is 47.0 Å². The van der Waals surface area contributed by atoms with Crippen molar-refractivity contribution in [2.75, 3.05) is 0 Å². The quantitative estimate of drug-likeness (QED) is 0.611. The summed E-state index contributed by atoms with van der Waals surface area (Å²) in [5.74, 6) is -0.151. The number of aromatic amines is 1. The molecule has 0 aliphatic heterocycles. The van der Waals surface area contributed by atoms with Gasteiger partial charge in [0.05, 0.1) is 26.5 Å². The maximum absolute atomic E-state index is 11.2. The van der Waals surface area contributed by atoms with Gasteiger partial charge in [0.2, 0.25) is 15.9 Å². The number of aromatic hydroxyl groups is 1.